The summed E-state index contributed by atoms with van der Waals surface area (Å²) in [4.78, 5) is 0. The quantitative estimate of drug-likeness (QED) is 0.108. The van der Waals surface area contributed by atoms with Crippen LogP contribution in [0.1, 0.15) is 39.8 Å². The maximum Gasteiger partial charge on any atom is 0.143 e. The fourth-order valence-corrected chi connectivity index (χ4v) is 6.70. The van der Waals surface area contributed by atoms with E-state index in [0.717, 1.165) is 36.3 Å². The van der Waals surface area contributed by atoms with Crippen molar-refractivity contribution in [3.05, 3.63) is 215 Å². The number of hydrogen-bond donors (Lipinski definition) is 0. The molecular weight excluding hydrogens is 576 g/mol. The van der Waals surface area contributed by atoms with Crippen molar-refractivity contribution in [3.63, 3.8) is 0 Å². The Hall–Kier alpha value is -4.80. The molecule has 0 radical (unpaired) electrons. The Morgan fingerprint density at radius 2 is 0.681 bits per heavy atom. The molecule has 6 aromatic rings. The molecule has 0 N–H and O–H groups in total. The van der Waals surface area contributed by atoms with Crippen molar-refractivity contribution in [1.29, 1.82) is 0 Å². The molecule has 2 aliphatic rings. The van der Waals surface area contributed by atoms with Gasteiger partial charge in [-0.3, -0.25) is 0 Å². The number of epoxide rings is 2. The Morgan fingerprint density at radius 1 is 0.404 bits per heavy atom. The molecule has 3 nitrogen and oxygen atoms in total. The van der Waals surface area contributed by atoms with E-state index in [0.29, 0.717) is 12.7 Å². The fourth-order valence-electron chi connectivity index (χ4n) is 6.70. The van der Waals surface area contributed by atoms with Crippen LogP contribution in [0.3, 0.4) is 0 Å². The molecule has 0 spiro atoms. The van der Waals surface area contributed by atoms with Crippen LogP contribution < -0.4 is 0 Å². The van der Waals surface area contributed by atoms with Crippen LogP contribution in [0.4, 0.5) is 0 Å². The zero-order chi connectivity index (χ0) is 31.8. The predicted molar refractivity (Wildman–Crippen MR) is 188 cm³/mol. The molecule has 0 bridgehead atoms. The molecule has 0 aromatic heterocycles. The Morgan fingerprint density at radius 3 is 0.957 bits per heavy atom. The SMILES string of the molecule is c1ccc(C(C[C@H]2CO2)(c2ccccc2)c2ccccc2)cc1.c1ccc(C(OCC2CO2)(c2ccccc2)c2ccccc2)cc1. The van der Waals surface area contributed by atoms with Gasteiger partial charge in [0.1, 0.15) is 11.7 Å². The van der Waals surface area contributed by atoms with Gasteiger partial charge in [0.2, 0.25) is 0 Å². The van der Waals surface area contributed by atoms with E-state index in [9.17, 15) is 0 Å². The van der Waals surface area contributed by atoms with E-state index in [1.807, 2.05) is 18.2 Å². The summed E-state index contributed by atoms with van der Waals surface area (Å²) in [6.45, 7) is 2.24. The van der Waals surface area contributed by atoms with Gasteiger partial charge >= 0.3 is 0 Å². The van der Waals surface area contributed by atoms with Crippen molar-refractivity contribution in [2.24, 2.45) is 0 Å². The molecule has 0 amide bonds. The third-order valence-corrected chi connectivity index (χ3v) is 9.17. The smallest absolute Gasteiger partial charge is 0.143 e. The standard InChI is InChI=1S/C22H20O2.C22H20O/c1-4-10-18(11-5-1)22(24-17-21-16-23-21,19-12-6-2-7-13-19)20-14-8-3-9-15-20;1-4-10-18(11-5-1)22(16-21-17-23-21,19-12-6-2-7-13-19)20-14-8-3-9-15-20/h1-15,21H,16-17H2;1-15,21H,16-17H2/t;21-/m.0/s1. The highest BCUT2D eigenvalue weighted by atomic mass is 16.6. The molecular formula is C44H40O3. The van der Waals surface area contributed by atoms with Crippen molar-refractivity contribution in [2.75, 3.05) is 19.8 Å². The minimum atomic E-state index is -0.629. The highest BCUT2D eigenvalue weighted by molar-refractivity contribution is 5.51. The summed E-state index contributed by atoms with van der Waals surface area (Å²) in [5.74, 6) is 0. The Labute approximate surface area is 278 Å². The summed E-state index contributed by atoms with van der Waals surface area (Å²) >= 11 is 0. The first-order valence-corrected chi connectivity index (χ1v) is 16.5. The summed E-state index contributed by atoms with van der Waals surface area (Å²) in [5, 5.41) is 0. The van der Waals surface area contributed by atoms with Crippen LogP contribution in [0.2, 0.25) is 0 Å². The molecule has 2 saturated heterocycles. The van der Waals surface area contributed by atoms with Crippen LogP contribution in [0.15, 0.2) is 182 Å². The number of hydrogen-bond acceptors (Lipinski definition) is 3. The number of rotatable bonds is 11. The van der Waals surface area contributed by atoms with Gasteiger partial charge < -0.3 is 14.2 Å². The van der Waals surface area contributed by atoms with E-state index in [2.05, 4.69) is 164 Å². The van der Waals surface area contributed by atoms with Crippen molar-refractivity contribution in [1.82, 2.24) is 0 Å². The van der Waals surface area contributed by atoms with Crippen LogP contribution in [0.5, 0.6) is 0 Å². The second kappa shape index (κ2) is 14.3. The topological polar surface area (TPSA) is 34.3 Å². The van der Waals surface area contributed by atoms with Crippen molar-refractivity contribution >= 4 is 0 Å². The van der Waals surface area contributed by atoms with Crippen LogP contribution >= 0.6 is 0 Å². The normalized spacial score (nSPS) is 16.9. The summed E-state index contributed by atoms with van der Waals surface area (Å²) in [7, 11) is 0. The first-order valence-electron chi connectivity index (χ1n) is 16.5. The third-order valence-electron chi connectivity index (χ3n) is 9.17. The van der Waals surface area contributed by atoms with E-state index in [1.165, 1.54) is 16.7 Å². The molecule has 1 unspecified atom stereocenters. The van der Waals surface area contributed by atoms with Crippen molar-refractivity contribution in [2.45, 2.75) is 29.6 Å². The molecule has 6 aromatic carbocycles. The first kappa shape index (κ1) is 30.8. The van der Waals surface area contributed by atoms with Crippen LogP contribution in [-0.4, -0.2) is 32.0 Å². The zero-order valence-corrected chi connectivity index (χ0v) is 26.5. The van der Waals surface area contributed by atoms with Gasteiger partial charge in [-0.1, -0.05) is 182 Å². The van der Waals surface area contributed by atoms with E-state index >= 15 is 0 Å². The molecule has 2 heterocycles. The number of ether oxygens (including phenoxy) is 3. The van der Waals surface area contributed by atoms with Gasteiger partial charge in [0, 0.05) is 5.41 Å². The van der Waals surface area contributed by atoms with E-state index in [-0.39, 0.29) is 11.5 Å². The van der Waals surface area contributed by atoms with Gasteiger partial charge in [-0.05, 0) is 39.8 Å². The lowest BCUT2D eigenvalue weighted by Crippen LogP contribution is -2.34. The summed E-state index contributed by atoms with van der Waals surface area (Å²) < 4.78 is 17.6. The van der Waals surface area contributed by atoms with E-state index in [4.69, 9.17) is 14.2 Å². The highest BCUT2D eigenvalue weighted by Gasteiger charge is 2.42. The molecule has 2 aliphatic heterocycles. The molecule has 47 heavy (non-hydrogen) atoms. The van der Waals surface area contributed by atoms with Gasteiger partial charge in [-0.2, -0.15) is 0 Å². The average Bonchev–Trinajstić information content (AvgIpc) is 4.11. The molecule has 8 rings (SSSR count). The minimum Gasteiger partial charge on any atom is -0.373 e. The molecule has 2 fully saturated rings. The van der Waals surface area contributed by atoms with Crippen LogP contribution in [-0.2, 0) is 25.2 Å². The maximum absolute atomic E-state index is 6.59. The maximum atomic E-state index is 6.59. The Balaban J connectivity index is 0.000000150. The summed E-state index contributed by atoms with van der Waals surface area (Å²) in [5.41, 5.74) is 6.57. The Kier molecular flexibility index (Phi) is 9.39. The molecule has 0 saturated carbocycles. The van der Waals surface area contributed by atoms with E-state index < -0.39 is 5.60 Å². The Bertz CT molecular complexity index is 1590. The predicted octanol–water partition coefficient (Wildman–Crippen LogP) is 9.20. The lowest BCUT2D eigenvalue weighted by molar-refractivity contribution is 0.00431. The lowest BCUT2D eigenvalue weighted by atomic mass is 9.67. The van der Waals surface area contributed by atoms with Crippen molar-refractivity contribution in [3.8, 4) is 0 Å². The second-order valence-electron chi connectivity index (χ2n) is 12.2. The number of benzene rings is 6. The van der Waals surface area contributed by atoms with Crippen molar-refractivity contribution < 1.29 is 14.2 Å². The van der Waals surface area contributed by atoms with Crippen LogP contribution in [0.25, 0.3) is 0 Å². The second-order valence-corrected chi connectivity index (χ2v) is 12.2. The minimum absolute atomic E-state index is 0.162. The average molecular weight is 617 g/mol. The molecule has 234 valence electrons. The summed E-state index contributed by atoms with van der Waals surface area (Å²) in [6, 6.07) is 63.7. The van der Waals surface area contributed by atoms with Gasteiger partial charge in [-0.25, -0.2) is 0 Å². The largest absolute Gasteiger partial charge is 0.373 e. The zero-order valence-electron chi connectivity index (χ0n) is 26.5. The van der Waals surface area contributed by atoms with Gasteiger partial charge in [0.15, 0.2) is 0 Å². The van der Waals surface area contributed by atoms with Gasteiger partial charge in [0.25, 0.3) is 0 Å². The third kappa shape index (κ3) is 6.84. The molecule has 3 heteroatoms. The monoisotopic (exact) mass is 616 g/mol. The van der Waals surface area contributed by atoms with E-state index in [1.54, 1.807) is 0 Å². The van der Waals surface area contributed by atoms with Gasteiger partial charge in [-0.15, -0.1) is 0 Å². The molecule has 2 atom stereocenters. The first-order chi connectivity index (χ1) is 23.3. The summed E-state index contributed by atoms with van der Waals surface area (Å²) in [6.07, 6.45) is 1.53. The highest BCUT2D eigenvalue weighted by Crippen LogP contribution is 2.45. The fraction of sp³-hybridized carbons (Fsp3) is 0.182. The van der Waals surface area contributed by atoms with Gasteiger partial charge in [0.05, 0.1) is 25.9 Å². The molecule has 0 aliphatic carbocycles. The lowest BCUT2D eigenvalue weighted by Gasteiger charge is -2.35. The van der Waals surface area contributed by atoms with Crippen LogP contribution in [0, 0.1) is 0 Å².